The summed E-state index contributed by atoms with van der Waals surface area (Å²) in [6, 6.07) is 1.67. The van der Waals surface area contributed by atoms with Gasteiger partial charge >= 0.3 is 12.2 Å². The van der Waals surface area contributed by atoms with Gasteiger partial charge in [0.1, 0.15) is 5.82 Å². The van der Waals surface area contributed by atoms with Crippen LogP contribution in [0.2, 0.25) is 0 Å². The zero-order valence-electron chi connectivity index (χ0n) is 18.6. The van der Waals surface area contributed by atoms with Crippen molar-refractivity contribution >= 4 is 34.4 Å². The number of anilines is 2. The van der Waals surface area contributed by atoms with Crippen LogP contribution in [0.5, 0.6) is 0 Å². The molecule has 1 fully saturated rings. The van der Waals surface area contributed by atoms with Crippen LogP contribution in [0.4, 0.5) is 28.9 Å². The predicted octanol–water partition coefficient (Wildman–Crippen LogP) is 5.83. The molecular formula is C22H28F3N5OS. The standard InChI is InChI=1S/C20H22F3N5OS.C2H6/c1-4-5-8-16-14(3)30-18(25-16)26-19(29)28-11-10-27(12-13(28)2)17-15(20(21,22)23)7-6-9-24-17;1-2/h4-9,13H,1,10-12H2,2-3H3,(H,25,26,29);1-2H3/b8-5-;. The second-order valence-corrected chi connectivity index (χ2v) is 8.05. The summed E-state index contributed by atoms with van der Waals surface area (Å²) in [5, 5.41) is 3.26. The van der Waals surface area contributed by atoms with E-state index in [-0.39, 0.29) is 37.5 Å². The maximum atomic E-state index is 13.3. The van der Waals surface area contributed by atoms with E-state index in [1.54, 1.807) is 35.0 Å². The molecule has 32 heavy (non-hydrogen) atoms. The molecule has 2 aromatic heterocycles. The highest BCUT2D eigenvalue weighted by Crippen LogP contribution is 2.35. The van der Waals surface area contributed by atoms with Crippen molar-refractivity contribution in [2.75, 3.05) is 29.9 Å². The second kappa shape index (κ2) is 11.1. The lowest BCUT2D eigenvalue weighted by molar-refractivity contribution is -0.137. The van der Waals surface area contributed by atoms with Crippen molar-refractivity contribution in [3.05, 3.63) is 53.2 Å². The number of hydrogen-bond donors (Lipinski definition) is 1. The Morgan fingerprint density at radius 1 is 1.34 bits per heavy atom. The minimum atomic E-state index is -4.48. The molecule has 0 aliphatic carbocycles. The summed E-state index contributed by atoms with van der Waals surface area (Å²) in [5.41, 5.74) is -0.0172. The average molecular weight is 468 g/mol. The Morgan fingerprint density at radius 3 is 2.69 bits per heavy atom. The Morgan fingerprint density at radius 2 is 2.06 bits per heavy atom. The van der Waals surface area contributed by atoms with Crippen molar-refractivity contribution in [1.82, 2.24) is 14.9 Å². The molecule has 0 spiro atoms. The molecule has 1 unspecified atom stereocenters. The molecule has 3 heterocycles. The van der Waals surface area contributed by atoms with Gasteiger partial charge in [-0.05, 0) is 32.1 Å². The molecule has 10 heteroatoms. The number of thiazole rings is 1. The number of carbonyl (C=O) groups excluding carboxylic acids is 1. The zero-order chi connectivity index (χ0) is 23.9. The van der Waals surface area contributed by atoms with Gasteiger partial charge in [-0.15, -0.1) is 11.3 Å². The number of aryl methyl sites for hydroxylation is 1. The second-order valence-electron chi connectivity index (χ2n) is 6.85. The van der Waals surface area contributed by atoms with Gasteiger partial charge < -0.3 is 9.80 Å². The third kappa shape index (κ3) is 6.09. The first-order valence-electron chi connectivity index (χ1n) is 10.3. The normalized spacial score (nSPS) is 16.5. The summed E-state index contributed by atoms with van der Waals surface area (Å²) >= 11 is 1.36. The van der Waals surface area contributed by atoms with E-state index in [0.29, 0.717) is 5.13 Å². The topological polar surface area (TPSA) is 61.4 Å². The minimum Gasteiger partial charge on any atom is -0.352 e. The highest BCUT2D eigenvalue weighted by atomic mass is 32.1. The Kier molecular flexibility index (Phi) is 8.82. The van der Waals surface area contributed by atoms with E-state index in [9.17, 15) is 18.0 Å². The predicted molar refractivity (Wildman–Crippen MR) is 124 cm³/mol. The highest BCUT2D eigenvalue weighted by molar-refractivity contribution is 7.15. The van der Waals surface area contributed by atoms with Crippen LogP contribution in [0.1, 0.15) is 36.9 Å². The van der Waals surface area contributed by atoms with Crippen LogP contribution >= 0.6 is 11.3 Å². The Labute approximate surface area is 190 Å². The van der Waals surface area contributed by atoms with E-state index >= 15 is 0 Å². The summed E-state index contributed by atoms with van der Waals surface area (Å²) in [5.74, 6) is -0.105. The van der Waals surface area contributed by atoms with Crippen molar-refractivity contribution in [2.24, 2.45) is 0 Å². The van der Waals surface area contributed by atoms with Crippen LogP contribution in [-0.4, -0.2) is 46.6 Å². The first-order chi connectivity index (χ1) is 15.2. The number of carbonyl (C=O) groups is 1. The van der Waals surface area contributed by atoms with Gasteiger partial charge in [0.25, 0.3) is 0 Å². The van der Waals surface area contributed by atoms with Gasteiger partial charge in [0, 0.05) is 36.8 Å². The van der Waals surface area contributed by atoms with Gasteiger partial charge in [-0.25, -0.2) is 14.8 Å². The van der Waals surface area contributed by atoms with Crippen LogP contribution in [0, 0.1) is 6.92 Å². The smallest absolute Gasteiger partial charge is 0.352 e. The van der Waals surface area contributed by atoms with E-state index in [4.69, 9.17) is 0 Å². The Balaban J connectivity index is 0.00000176. The van der Waals surface area contributed by atoms with E-state index in [1.807, 2.05) is 20.8 Å². The molecule has 0 radical (unpaired) electrons. The van der Waals surface area contributed by atoms with Gasteiger partial charge in [0.05, 0.1) is 11.3 Å². The van der Waals surface area contributed by atoms with E-state index < -0.39 is 11.7 Å². The average Bonchev–Trinajstić information content (AvgIpc) is 3.11. The Bertz CT molecular complexity index is 957. The molecule has 0 bridgehead atoms. The van der Waals surface area contributed by atoms with E-state index in [0.717, 1.165) is 16.6 Å². The van der Waals surface area contributed by atoms with Crippen LogP contribution in [0.3, 0.4) is 0 Å². The number of nitrogens with one attached hydrogen (secondary N) is 1. The Hall–Kier alpha value is -2.88. The number of piperazine rings is 1. The summed E-state index contributed by atoms with van der Waals surface area (Å²) in [7, 11) is 0. The molecule has 3 rings (SSSR count). The molecule has 1 N–H and O–H groups in total. The highest BCUT2D eigenvalue weighted by Gasteiger charge is 2.37. The number of amides is 2. The summed E-state index contributed by atoms with van der Waals surface area (Å²) < 4.78 is 39.9. The summed E-state index contributed by atoms with van der Waals surface area (Å²) in [6.07, 6.45) is 2.08. The quantitative estimate of drug-likeness (QED) is 0.575. The van der Waals surface area contributed by atoms with Crippen molar-refractivity contribution in [3.63, 3.8) is 0 Å². The first-order valence-corrected chi connectivity index (χ1v) is 11.1. The lowest BCUT2D eigenvalue weighted by atomic mass is 10.1. The molecule has 1 aliphatic heterocycles. The number of nitrogens with zero attached hydrogens (tertiary/aromatic N) is 4. The molecular weight excluding hydrogens is 439 g/mol. The number of pyridine rings is 1. The molecule has 0 aromatic carbocycles. The van der Waals surface area contributed by atoms with Crippen LogP contribution in [-0.2, 0) is 6.18 Å². The number of urea groups is 1. The number of hydrogen-bond acceptors (Lipinski definition) is 5. The van der Waals surface area contributed by atoms with E-state index in [2.05, 4.69) is 21.9 Å². The fourth-order valence-electron chi connectivity index (χ4n) is 3.26. The first kappa shape index (κ1) is 25.4. The lowest BCUT2D eigenvalue weighted by Gasteiger charge is -2.40. The molecule has 2 amide bonds. The number of halogens is 3. The van der Waals surface area contributed by atoms with Gasteiger partial charge in [0.2, 0.25) is 0 Å². The largest absolute Gasteiger partial charge is 0.419 e. The van der Waals surface area contributed by atoms with Crippen molar-refractivity contribution < 1.29 is 18.0 Å². The molecule has 0 saturated carbocycles. The van der Waals surface area contributed by atoms with Crippen LogP contribution in [0.15, 0.2) is 37.1 Å². The number of allylic oxidation sites excluding steroid dienone is 2. The van der Waals surface area contributed by atoms with Crippen molar-refractivity contribution in [3.8, 4) is 0 Å². The van der Waals surface area contributed by atoms with Gasteiger partial charge in [0.15, 0.2) is 5.13 Å². The summed E-state index contributed by atoms with van der Waals surface area (Å²) in [4.78, 5) is 25.2. The number of alkyl halides is 3. The van der Waals surface area contributed by atoms with E-state index in [1.165, 1.54) is 23.6 Å². The number of rotatable bonds is 4. The zero-order valence-corrected chi connectivity index (χ0v) is 19.4. The number of aromatic nitrogens is 2. The minimum absolute atomic E-state index is 0.105. The van der Waals surface area contributed by atoms with Gasteiger partial charge in [-0.3, -0.25) is 5.32 Å². The third-order valence-electron chi connectivity index (χ3n) is 4.72. The lowest BCUT2D eigenvalue weighted by Crippen LogP contribution is -2.55. The summed E-state index contributed by atoms with van der Waals surface area (Å²) in [6.45, 7) is 12.1. The van der Waals surface area contributed by atoms with Gasteiger partial charge in [-0.1, -0.05) is 32.6 Å². The molecule has 6 nitrogen and oxygen atoms in total. The van der Waals surface area contributed by atoms with Crippen LogP contribution in [0.25, 0.3) is 6.08 Å². The molecule has 1 atom stereocenters. The van der Waals surface area contributed by atoms with Crippen LogP contribution < -0.4 is 10.2 Å². The molecule has 1 aliphatic rings. The fourth-order valence-corrected chi connectivity index (χ4v) is 4.05. The SMILES string of the molecule is C=C/C=C\c1nc(NC(=O)N2CCN(c3ncccc3C(F)(F)F)CC2C)sc1C.CC. The van der Waals surface area contributed by atoms with Crippen molar-refractivity contribution in [1.29, 1.82) is 0 Å². The third-order valence-corrected chi connectivity index (χ3v) is 5.62. The fraction of sp³-hybridized carbons (Fsp3) is 0.409. The van der Waals surface area contributed by atoms with Crippen molar-refractivity contribution in [2.45, 2.75) is 39.9 Å². The molecule has 174 valence electrons. The van der Waals surface area contributed by atoms with Gasteiger partial charge in [-0.2, -0.15) is 13.2 Å². The maximum Gasteiger partial charge on any atom is 0.419 e. The molecule has 2 aromatic rings. The monoisotopic (exact) mass is 467 g/mol. The maximum absolute atomic E-state index is 13.3. The molecule has 1 saturated heterocycles.